The molecule has 2 fully saturated rings. The SMILES string of the molecule is CC1COC(CO)CN1CC(=O)Nc1nnc(C2CC2)o1. The molecule has 2 heterocycles. The van der Waals surface area contributed by atoms with Crippen LogP contribution in [0.1, 0.15) is 31.6 Å². The number of hydrogen-bond acceptors (Lipinski definition) is 7. The lowest BCUT2D eigenvalue weighted by Crippen LogP contribution is -2.51. The molecule has 0 bridgehead atoms. The maximum atomic E-state index is 12.0. The van der Waals surface area contributed by atoms with Crippen LogP contribution >= 0.6 is 0 Å². The van der Waals surface area contributed by atoms with Crippen LogP contribution in [0.2, 0.25) is 0 Å². The molecule has 1 aliphatic carbocycles. The minimum absolute atomic E-state index is 0.0424. The summed E-state index contributed by atoms with van der Waals surface area (Å²) in [6, 6.07) is 0.282. The molecule has 0 radical (unpaired) electrons. The number of nitrogens with zero attached hydrogens (tertiary/aromatic N) is 3. The lowest BCUT2D eigenvalue weighted by Gasteiger charge is -2.36. The molecule has 2 unspecified atom stereocenters. The molecule has 1 aliphatic heterocycles. The van der Waals surface area contributed by atoms with Gasteiger partial charge in [-0.15, -0.1) is 5.10 Å². The second-order valence-electron chi connectivity index (χ2n) is 5.68. The van der Waals surface area contributed by atoms with E-state index in [0.717, 1.165) is 12.8 Å². The van der Waals surface area contributed by atoms with E-state index < -0.39 is 0 Å². The van der Waals surface area contributed by atoms with E-state index in [0.29, 0.717) is 25.0 Å². The van der Waals surface area contributed by atoms with Gasteiger partial charge in [-0.25, -0.2) is 0 Å². The third-order valence-electron chi connectivity index (χ3n) is 3.80. The monoisotopic (exact) mass is 296 g/mol. The summed E-state index contributed by atoms with van der Waals surface area (Å²) in [5, 5.41) is 19.5. The standard InChI is InChI=1S/C13H20N4O4/c1-8-7-20-10(6-18)4-17(8)5-11(19)14-13-16-15-12(21-13)9-2-3-9/h8-10,18H,2-7H2,1H3,(H,14,16,19). The first kappa shape index (κ1) is 14.4. The van der Waals surface area contributed by atoms with Gasteiger partial charge in [-0.2, -0.15) is 0 Å². The summed E-state index contributed by atoms with van der Waals surface area (Å²) in [5.74, 6) is 0.768. The highest BCUT2D eigenvalue weighted by Gasteiger charge is 2.30. The van der Waals surface area contributed by atoms with Crippen LogP contribution in [-0.2, 0) is 9.53 Å². The number of anilines is 1. The Kier molecular flexibility index (Phi) is 4.18. The zero-order chi connectivity index (χ0) is 14.8. The Morgan fingerprint density at radius 2 is 2.29 bits per heavy atom. The molecule has 1 aromatic heterocycles. The Morgan fingerprint density at radius 3 is 3.00 bits per heavy atom. The Hall–Kier alpha value is -1.51. The van der Waals surface area contributed by atoms with Gasteiger partial charge < -0.3 is 14.3 Å². The van der Waals surface area contributed by atoms with E-state index in [9.17, 15) is 4.79 Å². The summed E-state index contributed by atoms with van der Waals surface area (Å²) in [5.41, 5.74) is 0. The lowest BCUT2D eigenvalue weighted by atomic mass is 10.2. The van der Waals surface area contributed by atoms with Crippen molar-refractivity contribution in [2.75, 3.05) is 31.6 Å². The van der Waals surface area contributed by atoms with Crippen molar-refractivity contribution in [1.29, 1.82) is 0 Å². The van der Waals surface area contributed by atoms with E-state index in [4.69, 9.17) is 14.3 Å². The number of rotatable bonds is 5. The van der Waals surface area contributed by atoms with Gasteiger partial charge in [-0.1, -0.05) is 5.10 Å². The van der Waals surface area contributed by atoms with Gasteiger partial charge in [0.25, 0.3) is 0 Å². The molecular weight excluding hydrogens is 276 g/mol. The van der Waals surface area contributed by atoms with Crippen LogP contribution in [0.25, 0.3) is 0 Å². The number of carbonyl (C=O) groups excluding carboxylic acids is 1. The lowest BCUT2D eigenvalue weighted by molar-refractivity contribution is -0.123. The zero-order valence-electron chi connectivity index (χ0n) is 12.0. The number of aliphatic hydroxyl groups excluding tert-OH is 1. The molecule has 21 heavy (non-hydrogen) atoms. The first-order valence-electron chi connectivity index (χ1n) is 7.25. The van der Waals surface area contributed by atoms with Crippen LogP contribution in [0, 0.1) is 0 Å². The number of nitrogens with one attached hydrogen (secondary N) is 1. The van der Waals surface area contributed by atoms with Gasteiger partial charge >= 0.3 is 6.01 Å². The van der Waals surface area contributed by atoms with Crippen molar-refractivity contribution in [2.45, 2.75) is 37.8 Å². The van der Waals surface area contributed by atoms with Crippen LogP contribution in [0.4, 0.5) is 6.01 Å². The van der Waals surface area contributed by atoms with Crippen molar-refractivity contribution in [2.24, 2.45) is 0 Å². The summed E-state index contributed by atoms with van der Waals surface area (Å²) in [6.45, 7) is 3.19. The molecule has 2 N–H and O–H groups in total. The van der Waals surface area contributed by atoms with Crippen molar-refractivity contribution in [3.05, 3.63) is 5.89 Å². The molecule has 0 spiro atoms. The van der Waals surface area contributed by atoms with E-state index in [2.05, 4.69) is 15.5 Å². The molecule has 1 amide bonds. The minimum atomic E-state index is -0.237. The van der Waals surface area contributed by atoms with Crippen molar-refractivity contribution < 1.29 is 19.1 Å². The molecule has 116 valence electrons. The van der Waals surface area contributed by atoms with Gasteiger partial charge in [0, 0.05) is 18.5 Å². The van der Waals surface area contributed by atoms with Crippen LogP contribution in [-0.4, -0.2) is 64.6 Å². The first-order valence-corrected chi connectivity index (χ1v) is 7.25. The summed E-state index contributed by atoms with van der Waals surface area (Å²) < 4.78 is 10.8. The summed E-state index contributed by atoms with van der Waals surface area (Å²) in [4.78, 5) is 14.0. The van der Waals surface area contributed by atoms with Crippen molar-refractivity contribution in [3.63, 3.8) is 0 Å². The van der Waals surface area contributed by atoms with Crippen LogP contribution in [0.15, 0.2) is 4.42 Å². The summed E-state index contributed by atoms with van der Waals surface area (Å²) >= 11 is 0. The van der Waals surface area contributed by atoms with Crippen molar-refractivity contribution in [1.82, 2.24) is 15.1 Å². The largest absolute Gasteiger partial charge is 0.408 e. The highest BCUT2D eigenvalue weighted by atomic mass is 16.5. The normalized spacial score (nSPS) is 26.8. The zero-order valence-corrected chi connectivity index (χ0v) is 12.0. The molecule has 8 nitrogen and oxygen atoms in total. The Morgan fingerprint density at radius 1 is 1.48 bits per heavy atom. The van der Waals surface area contributed by atoms with Gasteiger partial charge in [-0.05, 0) is 19.8 Å². The van der Waals surface area contributed by atoms with Crippen LogP contribution in [0.5, 0.6) is 0 Å². The molecule has 1 saturated heterocycles. The molecule has 0 aromatic carbocycles. The molecule has 2 aliphatic rings. The van der Waals surface area contributed by atoms with E-state index >= 15 is 0 Å². The van der Waals surface area contributed by atoms with Crippen LogP contribution < -0.4 is 5.32 Å². The molecule has 3 rings (SSSR count). The number of aliphatic hydroxyl groups is 1. The fourth-order valence-corrected chi connectivity index (χ4v) is 2.33. The molecule has 1 saturated carbocycles. The number of ether oxygens (including phenoxy) is 1. The second kappa shape index (κ2) is 6.08. The topological polar surface area (TPSA) is 101 Å². The highest BCUT2D eigenvalue weighted by molar-refractivity contribution is 5.90. The molecule has 2 atom stereocenters. The van der Waals surface area contributed by atoms with E-state index in [-0.39, 0.29) is 37.2 Å². The van der Waals surface area contributed by atoms with E-state index in [1.165, 1.54) is 0 Å². The second-order valence-corrected chi connectivity index (χ2v) is 5.68. The predicted molar refractivity (Wildman–Crippen MR) is 72.8 cm³/mol. The third-order valence-corrected chi connectivity index (χ3v) is 3.80. The predicted octanol–water partition coefficient (Wildman–Crippen LogP) is -0.0329. The summed E-state index contributed by atoms with van der Waals surface area (Å²) in [6.07, 6.45) is 1.91. The first-order chi connectivity index (χ1) is 10.2. The molecule has 1 aromatic rings. The molecular formula is C13H20N4O4. The maximum absolute atomic E-state index is 12.0. The van der Waals surface area contributed by atoms with Crippen molar-refractivity contribution in [3.8, 4) is 0 Å². The number of amides is 1. The van der Waals surface area contributed by atoms with Crippen LogP contribution in [0.3, 0.4) is 0 Å². The number of hydrogen-bond donors (Lipinski definition) is 2. The van der Waals surface area contributed by atoms with Gasteiger partial charge in [0.2, 0.25) is 11.8 Å². The number of aromatic nitrogens is 2. The highest BCUT2D eigenvalue weighted by Crippen LogP contribution is 2.39. The number of carbonyl (C=O) groups is 1. The maximum Gasteiger partial charge on any atom is 0.322 e. The third kappa shape index (κ3) is 3.58. The van der Waals surface area contributed by atoms with E-state index in [1.807, 2.05) is 11.8 Å². The minimum Gasteiger partial charge on any atom is -0.408 e. The van der Waals surface area contributed by atoms with E-state index in [1.54, 1.807) is 0 Å². The van der Waals surface area contributed by atoms with Crippen molar-refractivity contribution >= 4 is 11.9 Å². The fourth-order valence-electron chi connectivity index (χ4n) is 2.33. The average molecular weight is 296 g/mol. The Bertz CT molecular complexity index is 502. The smallest absolute Gasteiger partial charge is 0.322 e. The Balaban J connectivity index is 1.52. The van der Waals surface area contributed by atoms with Gasteiger partial charge in [0.15, 0.2) is 0 Å². The quantitative estimate of drug-likeness (QED) is 0.786. The summed E-state index contributed by atoms with van der Waals surface area (Å²) in [7, 11) is 0. The van der Waals surface area contributed by atoms with Gasteiger partial charge in [0.05, 0.1) is 25.9 Å². The fraction of sp³-hybridized carbons (Fsp3) is 0.769. The molecule has 8 heteroatoms. The Labute approximate surface area is 122 Å². The average Bonchev–Trinajstić information content (AvgIpc) is 3.22. The van der Waals surface area contributed by atoms with Gasteiger partial charge in [0.1, 0.15) is 0 Å². The van der Waals surface area contributed by atoms with Gasteiger partial charge in [-0.3, -0.25) is 15.0 Å². The number of morpholine rings is 1.